The number of sulfonamides is 1. The van der Waals surface area contributed by atoms with Crippen molar-refractivity contribution in [3.63, 3.8) is 0 Å². The molecule has 0 bridgehead atoms. The van der Waals surface area contributed by atoms with Crippen molar-refractivity contribution in [2.24, 2.45) is 0 Å². The van der Waals surface area contributed by atoms with Crippen molar-refractivity contribution in [2.75, 3.05) is 5.43 Å². The fourth-order valence-electron chi connectivity index (χ4n) is 1.48. The van der Waals surface area contributed by atoms with E-state index in [1.165, 1.54) is 12.1 Å². The fraction of sp³-hybridized carbons (Fsp3) is 0. The Hall–Kier alpha value is -1.12. The van der Waals surface area contributed by atoms with Crippen molar-refractivity contribution < 1.29 is 17.2 Å². The zero-order valence-corrected chi connectivity index (χ0v) is 13.6. The highest BCUT2D eigenvalue weighted by molar-refractivity contribution is 7.89. The summed E-state index contributed by atoms with van der Waals surface area (Å²) in [5, 5.41) is 0.417. The highest BCUT2D eigenvalue weighted by Crippen LogP contribution is 2.33. The number of hydrogen-bond donors (Lipinski definition) is 2. The molecular formula is C12H7Cl3F2N2O2S. The van der Waals surface area contributed by atoms with Crippen LogP contribution in [0.1, 0.15) is 0 Å². The van der Waals surface area contributed by atoms with Crippen LogP contribution in [0, 0.1) is 11.6 Å². The second-order valence-electron chi connectivity index (χ2n) is 4.05. The van der Waals surface area contributed by atoms with Gasteiger partial charge in [0.1, 0.15) is 0 Å². The van der Waals surface area contributed by atoms with Gasteiger partial charge in [-0.3, -0.25) is 0 Å². The SMILES string of the molecule is O=S(=O)(NNc1c(Cl)cc(Cl)cc1Cl)c1ccc(F)c(F)c1. The molecule has 2 N–H and O–H groups in total. The van der Waals surface area contributed by atoms with Gasteiger partial charge < -0.3 is 5.43 Å². The fourth-order valence-corrected chi connectivity index (χ4v) is 3.25. The minimum Gasteiger partial charge on any atom is -0.305 e. The van der Waals surface area contributed by atoms with Gasteiger partial charge in [0.25, 0.3) is 10.0 Å². The predicted octanol–water partition coefficient (Wildman–Crippen LogP) is 4.23. The van der Waals surface area contributed by atoms with Crippen LogP contribution in [0.2, 0.25) is 15.1 Å². The van der Waals surface area contributed by atoms with Crippen molar-refractivity contribution in [3.05, 3.63) is 57.0 Å². The second kappa shape index (κ2) is 6.55. The lowest BCUT2D eigenvalue weighted by molar-refractivity contribution is 0.504. The molecule has 118 valence electrons. The van der Waals surface area contributed by atoms with Crippen molar-refractivity contribution in [2.45, 2.75) is 4.90 Å². The summed E-state index contributed by atoms with van der Waals surface area (Å²) in [5.41, 5.74) is 2.37. The molecule has 0 aromatic heterocycles. The molecular weight excluding hydrogens is 381 g/mol. The lowest BCUT2D eigenvalue weighted by Crippen LogP contribution is -2.30. The highest BCUT2D eigenvalue weighted by atomic mass is 35.5. The number of benzene rings is 2. The van der Waals surface area contributed by atoms with E-state index in [-0.39, 0.29) is 20.8 Å². The summed E-state index contributed by atoms with van der Waals surface area (Å²) < 4.78 is 49.9. The van der Waals surface area contributed by atoms with E-state index < -0.39 is 26.6 Å². The van der Waals surface area contributed by atoms with Gasteiger partial charge in [0.05, 0.1) is 20.6 Å². The van der Waals surface area contributed by atoms with Crippen LogP contribution in [0.15, 0.2) is 35.2 Å². The maximum absolute atomic E-state index is 13.1. The summed E-state index contributed by atoms with van der Waals surface area (Å²) in [6, 6.07) is 4.86. The van der Waals surface area contributed by atoms with Crippen LogP contribution in [-0.4, -0.2) is 8.42 Å². The largest absolute Gasteiger partial charge is 0.305 e. The lowest BCUT2D eigenvalue weighted by Gasteiger charge is -2.12. The zero-order chi connectivity index (χ0) is 16.5. The van der Waals surface area contributed by atoms with Crippen molar-refractivity contribution in [1.82, 2.24) is 4.83 Å². The molecule has 0 unspecified atom stereocenters. The van der Waals surface area contributed by atoms with Gasteiger partial charge >= 0.3 is 0 Å². The van der Waals surface area contributed by atoms with E-state index in [4.69, 9.17) is 34.8 Å². The van der Waals surface area contributed by atoms with Crippen LogP contribution >= 0.6 is 34.8 Å². The Kier molecular flexibility index (Phi) is 5.14. The number of rotatable bonds is 4. The third kappa shape index (κ3) is 3.80. The number of halogens is 5. The molecule has 0 radical (unpaired) electrons. The van der Waals surface area contributed by atoms with Crippen LogP contribution in [0.5, 0.6) is 0 Å². The number of hydrazine groups is 1. The average Bonchev–Trinajstić information content (AvgIpc) is 2.40. The van der Waals surface area contributed by atoms with E-state index in [9.17, 15) is 17.2 Å². The van der Waals surface area contributed by atoms with E-state index in [1.54, 1.807) is 0 Å². The Morgan fingerprint density at radius 2 is 1.50 bits per heavy atom. The summed E-state index contributed by atoms with van der Waals surface area (Å²) in [7, 11) is -4.16. The Balaban J connectivity index is 2.25. The van der Waals surface area contributed by atoms with E-state index in [0.717, 1.165) is 6.07 Å². The van der Waals surface area contributed by atoms with Gasteiger partial charge in [-0.1, -0.05) is 34.8 Å². The van der Waals surface area contributed by atoms with Crippen LogP contribution in [0.4, 0.5) is 14.5 Å². The molecule has 2 aromatic carbocycles. The molecule has 0 spiro atoms. The summed E-state index contributed by atoms with van der Waals surface area (Å²) in [4.78, 5) is 1.49. The molecule has 0 fully saturated rings. The quantitative estimate of drug-likeness (QED) is 0.772. The van der Waals surface area contributed by atoms with Crippen LogP contribution < -0.4 is 10.3 Å². The lowest BCUT2D eigenvalue weighted by atomic mass is 10.3. The smallest absolute Gasteiger partial charge is 0.257 e. The van der Waals surface area contributed by atoms with Crippen molar-refractivity contribution >= 4 is 50.5 Å². The molecule has 0 saturated carbocycles. The standard InChI is InChI=1S/C12H7Cl3F2N2O2S/c13-6-3-8(14)12(9(15)4-6)18-19-22(20,21)7-1-2-10(16)11(17)5-7/h1-5,18-19H. The minimum atomic E-state index is -4.16. The van der Waals surface area contributed by atoms with Gasteiger partial charge in [-0.2, -0.15) is 0 Å². The van der Waals surface area contributed by atoms with Gasteiger partial charge in [-0.05, 0) is 30.3 Å². The second-order valence-corrected chi connectivity index (χ2v) is 6.98. The highest BCUT2D eigenvalue weighted by Gasteiger charge is 2.17. The Labute approximate surface area is 140 Å². The molecule has 0 aliphatic carbocycles. The van der Waals surface area contributed by atoms with E-state index in [2.05, 4.69) is 5.43 Å². The predicted molar refractivity (Wildman–Crippen MR) is 81.8 cm³/mol. The number of anilines is 1. The van der Waals surface area contributed by atoms with Crippen molar-refractivity contribution in [1.29, 1.82) is 0 Å². The summed E-state index contributed by atoms with van der Waals surface area (Å²) in [5.74, 6) is -2.44. The third-order valence-corrected chi connectivity index (χ3v) is 4.58. The topological polar surface area (TPSA) is 58.2 Å². The van der Waals surface area contributed by atoms with Crippen LogP contribution in [0.3, 0.4) is 0 Å². The summed E-state index contributed by atoms with van der Waals surface area (Å²) in [6.07, 6.45) is 0. The first-order valence-electron chi connectivity index (χ1n) is 5.58. The van der Waals surface area contributed by atoms with Crippen LogP contribution in [-0.2, 0) is 10.0 Å². The Bertz CT molecular complexity index is 808. The first kappa shape index (κ1) is 17.2. The molecule has 0 atom stereocenters. The van der Waals surface area contributed by atoms with E-state index in [0.29, 0.717) is 12.1 Å². The van der Waals surface area contributed by atoms with Gasteiger partial charge in [0.2, 0.25) is 0 Å². The maximum Gasteiger partial charge on any atom is 0.257 e. The molecule has 0 amide bonds. The molecule has 0 heterocycles. The van der Waals surface area contributed by atoms with Crippen molar-refractivity contribution in [3.8, 4) is 0 Å². The Morgan fingerprint density at radius 1 is 0.909 bits per heavy atom. The molecule has 0 aliphatic heterocycles. The van der Waals surface area contributed by atoms with Gasteiger partial charge in [0.15, 0.2) is 11.6 Å². The monoisotopic (exact) mass is 386 g/mol. The molecule has 2 aromatic rings. The number of hydrogen-bond acceptors (Lipinski definition) is 3. The minimum absolute atomic E-state index is 0.0684. The molecule has 0 saturated heterocycles. The number of nitrogens with one attached hydrogen (secondary N) is 2. The summed E-state index contributed by atoms with van der Waals surface area (Å²) >= 11 is 17.5. The first-order valence-corrected chi connectivity index (χ1v) is 8.20. The van der Waals surface area contributed by atoms with Gasteiger partial charge in [-0.25, -0.2) is 17.2 Å². The van der Waals surface area contributed by atoms with E-state index in [1.807, 2.05) is 4.83 Å². The molecule has 0 aliphatic rings. The normalized spacial score (nSPS) is 11.5. The molecule has 4 nitrogen and oxygen atoms in total. The first-order chi connectivity index (χ1) is 10.2. The average molecular weight is 388 g/mol. The summed E-state index contributed by atoms with van der Waals surface area (Å²) in [6.45, 7) is 0. The zero-order valence-electron chi connectivity index (χ0n) is 10.5. The maximum atomic E-state index is 13.1. The van der Waals surface area contributed by atoms with E-state index >= 15 is 0 Å². The molecule has 2 rings (SSSR count). The van der Waals surface area contributed by atoms with Crippen LogP contribution in [0.25, 0.3) is 0 Å². The van der Waals surface area contributed by atoms with Gasteiger partial charge in [-0.15, -0.1) is 4.83 Å². The molecule has 22 heavy (non-hydrogen) atoms. The van der Waals surface area contributed by atoms with Gasteiger partial charge in [0, 0.05) is 5.02 Å². The Morgan fingerprint density at radius 3 is 2.05 bits per heavy atom. The third-order valence-electron chi connectivity index (χ3n) is 2.52. The molecule has 10 heteroatoms.